The lowest BCUT2D eigenvalue weighted by Gasteiger charge is -2.31. The van der Waals surface area contributed by atoms with Crippen LogP contribution >= 0.6 is 0 Å². The van der Waals surface area contributed by atoms with Gasteiger partial charge in [-0.2, -0.15) is 15.2 Å². The summed E-state index contributed by atoms with van der Waals surface area (Å²) >= 11 is 0. The number of rotatable bonds is 3. The van der Waals surface area contributed by atoms with Gasteiger partial charge in [-0.15, -0.1) is 0 Å². The maximum Gasteiger partial charge on any atom is 0.256 e. The summed E-state index contributed by atoms with van der Waals surface area (Å²) in [4.78, 5) is 19.1. The minimum Gasteiger partial charge on any atom is -0.497 e. The Balaban J connectivity index is 1.67. The molecule has 3 aromatic rings. The quantitative estimate of drug-likeness (QED) is 0.748. The predicted molar refractivity (Wildman–Crippen MR) is 97.1 cm³/mol. The summed E-state index contributed by atoms with van der Waals surface area (Å²) in [7, 11) is 3.47. The number of hydrogen-bond acceptors (Lipinski definition) is 6. The molecule has 0 bridgehead atoms. The van der Waals surface area contributed by atoms with Gasteiger partial charge < -0.3 is 15.0 Å². The Morgan fingerprint density at radius 3 is 2.96 bits per heavy atom. The maximum atomic E-state index is 13.0. The van der Waals surface area contributed by atoms with Crippen LogP contribution in [0.1, 0.15) is 19.9 Å². The molecule has 0 radical (unpaired) electrons. The highest BCUT2D eigenvalue weighted by molar-refractivity contribution is 6.08. The number of aromatic amines is 1. The van der Waals surface area contributed by atoms with E-state index in [1.54, 1.807) is 11.8 Å². The predicted octanol–water partition coefficient (Wildman–Crippen LogP) is 2.09. The largest absolute Gasteiger partial charge is 0.497 e. The molecule has 0 aliphatic carbocycles. The summed E-state index contributed by atoms with van der Waals surface area (Å²) in [6, 6.07) is 5.30. The van der Waals surface area contributed by atoms with Crippen molar-refractivity contribution in [1.82, 2.24) is 25.0 Å². The summed E-state index contributed by atoms with van der Waals surface area (Å²) in [5.41, 5.74) is 2.24. The molecule has 9 nitrogen and oxygen atoms in total. The first-order valence-electron chi connectivity index (χ1n) is 8.18. The lowest BCUT2D eigenvalue weighted by atomic mass is 10.0. The van der Waals surface area contributed by atoms with Crippen LogP contribution in [0.25, 0.3) is 10.9 Å². The summed E-state index contributed by atoms with van der Waals surface area (Å²) in [6.45, 7) is 3.83. The molecule has 0 spiro atoms. The van der Waals surface area contributed by atoms with E-state index in [9.17, 15) is 4.79 Å². The van der Waals surface area contributed by atoms with Gasteiger partial charge in [0.2, 0.25) is 5.95 Å². The molecule has 1 aliphatic heterocycles. The van der Waals surface area contributed by atoms with Gasteiger partial charge in [0.15, 0.2) is 5.82 Å². The molecule has 4 rings (SSSR count). The normalized spacial score (nSPS) is 16.8. The number of amides is 1. The molecule has 26 heavy (non-hydrogen) atoms. The van der Waals surface area contributed by atoms with Crippen LogP contribution in [0, 0.1) is 0 Å². The topological polar surface area (TPSA) is 101 Å². The summed E-state index contributed by atoms with van der Waals surface area (Å²) in [5, 5.41) is 15.1. The van der Waals surface area contributed by atoms with Crippen LogP contribution in [-0.2, 0) is 4.79 Å². The number of carbonyl (C=O) groups is 1. The number of ether oxygens (including phenoxy) is 1. The fourth-order valence-corrected chi connectivity index (χ4v) is 3.26. The Morgan fingerprint density at radius 1 is 1.38 bits per heavy atom. The molecule has 9 heteroatoms. The third-order valence-electron chi connectivity index (χ3n) is 4.78. The van der Waals surface area contributed by atoms with Crippen LogP contribution in [0.4, 0.5) is 11.8 Å². The molecular weight excluding hydrogens is 334 g/mol. The van der Waals surface area contributed by atoms with E-state index < -0.39 is 0 Å². The van der Waals surface area contributed by atoms with Crippen molar-refractivity contribution in [3.63, 3.8) is 0 Å². The van der Waals surface area contributed by atoms with E-state index in [0.29, 0.717) is 17.3 Å². The zero-order valence-electron chi connectivity index (χ0n) is 14.9. The minimum atomic E-state index is -0.228. The van der Waals surface area contributed by atoms with Gasteiger partial charge in [-0.05, 0) is 26.0 Å². The van der Waals surface area contributed by atoms with Crippen molar-refractivity contribution in [2.45, 2.75) is 19.9 Å². The average Bonchev–Trinajstić information content (AvgIpc) is 3.27. The highest BCUT2D eigenvalue weighted by Crippen LogP contribution is 2.33. The minimum absolute atomic E-state index is 0.216. The molecule has 1 atom stereocenters. The smallest absolute Gasteiger partial charge is 0.256 e. The van der Waals surface area contributed by atoms with Gasteiger partial charge in [0, 0.05) is 24.2 Å². The van der Waals surface area contributed by atoms with Crippen molar-refractivity contribution in [3.05, 3.63) is 35.8 Å². The first-order valence-corrected chi connectivity index (χ1v) is 8.18. The number of fused-ring (bicyclic) bond motifs is 2. The SMILES string of the molecule is COc1ccc2c(NC(=O)C3=C(C)N(C)c4ncnn4C3C)n[nH]c2c1. The van der Waals surface area contributed by atoms with Gasteiger partial charge in [-0.3, -0.25) is 9.89 Å². The van der Waals surface area contributed by atoms with E-state index in [-0.39, 0.29) is 11.9 Å². The van der Waals surface area contributed by atoms with Gasteiger partial charge in [0.25, 0.3) is 5.91 Å². The van der Waals surface area contributed by atoms with Gasteiger partial charge in [-0.1, -0.05) is 0 Å². The van der Waals surface area contributed by atoms with Crippen molar-refractivity contribution < 1.29 is 9.53 Å². The van der Waals surface area contributed by atoms with Gasteiger partial charge in [0.05, 0.1) is 24.2 Å². The molecule has 2 N–H and O–H groups in total. The molecule has 0 saturated carbocycles. The number of nitrogens with one attached hydrogen (secondary N) is 2. The third-order valence-corrected chi connectivity index (χ3v) is 4.78. The van der Waals surface area contributed by atoms with E-state index in [2.05, 4.69) is 25.6 Å². The monoisotopic (exact) mass is 353 g/mol. The van der Waals surface area contributed by atoms with Crippen molar-refractivity contribution >= 4 is 28.6 Å². The molecule has 2 aromatic heterocycles. The van der Waals surface area contributed by atoms with Crippen molar-refractivity contribution in [2.24, 2.45) is 0 Å². The first kappa shape index (κ1) is 16.1. The summed E-state index contributed by atoms with van der Waals surface area (Å²) in [6.07, 6.45) is 1.49. The van der Waals surface area contributed by atoms with Crippen LogP contribution < -0.4 is 15.0 Å². The Labute approximate surface area is 149 Å². The number of allylic oxidation sites excluding steroid dienone is 1. The number of carbonyl (C=O) groups excluding carboxylic acids is 1. The van der Waals surface area contributed by atoms with Crippen LogP contribution in [0.5, 0.6) is 5.75 Å². The van der Waals surface area contributed by atoms with Crippen LogP contribution in [0.15, 0.2) is 35.8 Å². The van der Waals surface area contributed by atoms with Crippen LogP contribution in [-0.4, -0.2) is 45.0 Å². The number of benzene rings is 1. The van der Waals surface area contributed by atoms with E-state index in [4.69, 9.17) is 4.74 Å². The van der Waals surface area contributed by atoms with Gasteiger partial charge >= 0.3 is 0 Å². The number of H-pyrrole nitrogens is 1. The van der Waals surface area contributed by atoms with Crippen LogP contribution in [0.3, 0.4) is 0 Å². The van der Waals surface area contributed by atoms with E-state index >= 15 is 0 Å². The second kappa shape index (κ2) is 5.87. The number of nitrogens with zero attached hydrogens (tertiary/aromatic N) is 5. The molecule has 134 valence electrons. The molecule has 1 aromatic carbocycles. The van der Waals surface area contributed by atoms with Gasteiger partial charge in [0.1, 0.15) is 12.1 Å². The lowest BCUT2D eigenvalue weighted by Crippen LogP contribution is -2.34. The standard InChI is InChI=1S/C17H19N7O2/c1-9-14(10(2)24-17(23(9)3)18-8-19-24)16(25)20-15-12-6-5-11(26-4)7-13(12)21-22-15/h5-8,10H,1-4H3,(H2,20,21,22,25). The lowest BCUT2D eigenvalue weighted by molar-refractivity contribution is -0.113. The zero-order valence-corrected chi connectivity index (χ0v) is 14.9. The number of hydrogen-bond donors (Lipinski definition) is 2. The van der Waals surface area contributed by atoms with Crippen molar-refractivity contribution in [1.29, 1.82) is 0 Å². The molecule has 1 amide bonds. The Hall–Kier alpha value is -3.36. The third kappa shape index (κ3) is 2.32. The molecule has 3 heterocycles. The van der Waals surface area contributed by atoms with Crippen molar-refractivity contribution in [3.8, 4) is 5.75 Å². The zero-order chi connectivity index (χ0) is 18.4. The molecule has 0 saturated heterocycles. The average molecular weight is 353 g/mol. The van der Waals surface area contributed by atoms with E-state index in [1.165, 1.54) is 6.33 Å². The molecule has 0 fully saturated rings. The molecular formula is C17H19N7O2. The fraction of sp³-hybridized carbons (Fsp3) is 0.294. The van der Waals surface area contributed by atoms with E-state index in [1.807, 2.05) is 44.0 Å². The molecule has 1 aliphatic rings. The maximum absolute atomic E-state index is 13.0. The highest BCUT2D eigenvalue weighted by Gasteiger charge is 2.32. The van der Waals surface area contributed by atoms with Crippen molar-refractivity contribution in [2.75, 3.05) is 24.4 Å². The van der Waals surface area contributed by atoms with Crippen LogP contribution in [0.2, 0.25) is 0 Å². The Bertz CT molecular complexity index is 1030. The Kier molecular flexibility index (Phi) is 3.64. The second-order valence-electron chi connectivity index (χ2n) is 6.18. The highest BCUT2D eigenvalue weighted by atomic mass is 16.5. The second-order valence-corrected chi connectivity index (χ2v) is 6.18. The van der Waals surface area contributed by atoms with E-state index in [0.717, 1.165) is 22.3 Å². The Morgan fingerprint density at radius 2 is 2.19 bits per heavy atom. The first-order chi connectivity index (χ1) is 12.5. The number of anilines is 2. The molecule has 1 unspecified atom stereocenters. The number of methoxy groups -OCH3 is 1. The summed E-state index contributed by atoms with van der Waals surface area (Å²) < 4.78 is 6.94. The summed E-state index contributed by atoms with van der Waals surface area (Å²) in [5.74, 6) is 1.70. The number of aromatic nitrogens is 5. The fourth-order valence-electron chi connectivity index (χ4n) is 3.26. The van der Waals surface area contributed by atoms with Gasteiger partial charge in [-0.25, -0.2) is 4.68 Å².